The third-order valence-electron chi connectivity index (χ3n) is 6.09. The highest BCUT2D eigenvalue weighted by Gasteiger charge is 2.26. The van der Waals surface area contributed by atoms with Crippen LogP contribution in [0.2, 0.25) is 0 Å². The van der Waals surface area contributed by atoms with Crippen molar-refractivity contribution in [3.63, 3.8) is 0 Å². The van der Waals surface area contributed by atoms with Crippen molar-refractivity contribution >= 4 is 23.2 Å². The topological polar surface area (TPSA) is 105 Å². The molecule has 2 aliphatic rings. The minimum absolute atomic E-state index is 0.0288. The number of piperazine rings is 1. The molecule has 1 fully saturated rings. The Morgan fingerprint density at radius 3 is 2.56 bits per heavy atom. The number of aromatic nitrogens is 3. The van der Waals surface area contributed by atoms with E-state index in [4.69, 9.17) is 4.74 Å². The summed E-state index contributed by atoms with van der Waals surface area (Å²) in [6, 6.07) is 6.63. The summed E-state index contributed by atoms with van der Waals surface area (Å²) in [6.07, 6.45) is 4.85. The Kier molecular flexibility index (Phi) is 6.76. The van der Waals surface area contributed by atoms with Gasteiger partial charge in [-0.3, -0.25) is 9.78 Å². The first kappa shape index (κ1) is 23.7. The molecule has 10 nitrogen and oxygen atoms in total. The fourth-order valence-corrected chi connectivity index (χ4v) is 4.37. The molecule has 4 heterocycles. The van der Waals surface area contributed by atoms with Crippen LogP contribution in [0.3, 0.4) is 0 Å². The van der Waals surface area contributed by atoms with Gasteiger partial charge < -0.3 is 29.9 Å². The van der Waals surface area contributed by atoms with Crippen molar-refractivity contribution in [3.05, 3.63) is 59.7 Å². The molecule has 2 aromatic heterocycles. The number of rotatable bonds is 7. The highest BCUT2D eigenvalue weighted by molar-refractivity contribution is 6.04. The summed E-state index contributed by atoms with van der Waals surface area (Å²) in [7, 11) is 1.40. The van der Waals surface area contributed by atoms with Gasteiger partial charge in [0.2, 0.25) is 5.95 Å². The van der Waals surface area contributed by atoms with Crippen molar-refractivity contribution in [2.24, 2.45) is 0 Å². The number of carbonyl (C=O) groups is 1. The minimum Gasteiger partial charge on any atom is -0.493 e. The Balaban J connectivity index is 1.33. The zero-order valence-electron chi connectivity index (χ0n) is 19.6. The van der Waals surface area contributed by atoms with Crippen molar-refractivity contribution in [3.8, 4) is 11.5 Å². The first-order valence-electron chi connectivity index (χ1n) is 11.5. The van der Waals surface area contributed by atoms with Crippen LogP contribution in [-0.4, -0.2) is 60.8 Å². The van der Waals surface area contributed by atoms with E-state index in [0.29, 0.717) is 24.7 Å². The Labute approximate surface area is 206 Å². The Morgan fingerprint density at radius 1 is 1.08 bits per heavy atom. The van der Waals surface area contributed by atoms with Crippen LogP contribution in [0.5, 0.6) is 11.5 Å². The molecule has 2 N–H and O–H groups in total. The lowest BCUT2D eigenvalue weighted by molar-refractivity contribution is -0.0512. The van der Waals surface area contributed by atoms with E-state index in [1.54, 1.807) is 24.5 Å². The molecule has 0 unspecified atom stereocenters. The summed E-state index contributed by atoms with van der Waals surface area (Å²) in [6.45, 7) is 1.24. The summed E-state index contributed by atoms with van der Waals surface area (Å²) in [5.41, 5.74) is 3.38. The summed E-state index contributed by atoms with van der Waals surface area (Å²) in [5.74, 6) is 0.164. The van der Waals surface area contributed by atoms with Crippen molar-refractivity contribution in [2.75, 3.05) is 48.4 Å². The van der Waals surface area contributed by atoms with Crippen LogP contribution in [0, 0.1) is 0 Å². The van der Waals surface area contributed by atoms with Crippen molar-refractivity contribution in [2.45, 2.75) is 19.7 Å². The van der Waals surface area contributed by atoms with Gasteiger partial charge >= 0.3 is 6.61 Å². The normalized spacial score (nSPS) is 15.1. The van der Waals surface area contributed by atoms with Crippen molar-refractivity contribution in [1.29, 1.82) is 0 Å². The summed E-state index contributed by atoms with van der Waals surface area (Å²) >= 11 is 0. The molecule has 36 heavy (non-hydrogen) atoms. The van der Waals surface area contributed by atoms with Crippen LogP contribution in [0.4, 0.5) is 26.1 Å². The molecular formula is C24H25F2N7O3. The number of methoxy groups -OCH3 is 1. The number of ether oxygens (including phenoxy) is 2. The number of hydrogen-bond donors (Lipinski definition) is 2. The molecule has 5 rings (SSSR count). The van der Waals surface area contributed by atoms with Gasteiger partial charge in [0.15, 0.2) is 11.5 Å². The third kappa shape index (κ3) is 4.98. The van der Waals surface area contributed by atoms with Crippen molar-refractivity contribution in [1.82, 2.24) is 20.3 Å². The SMILES string of the molecule is COc1cc2c(cc1OC(F)F)CN(c1nccc(C(=O)Nc3cnccc3N3CCNCC3)n1)C2. The molecule has 1 amide bonds. The van der Waals surface area contributed by atoms with E-state index in [1.807, 2.05) is 11.0 Å². The van der Waals surface area contributed by atoms with Crippen LogP contribution in [-0.2, 0) is 13.1 Å². The lowest BCUT2D eigenvalue weighted by Gasteiger charge is -2.30. The fraction of sp³-hybridized carbons (Fsp3) is 0.333. The van der Waals surface area contributed by atoms with Crippen LogP contribution in [0.15, 0.2) is 42.9 Å². The van der Waals surface area contributed by atoms with Crippen molar-refractivity contribution < 1.29 is 23.0 Å². The number of anilines is 3. The zero-order valence-corrected chi connectivity index (χ0v) is 19.6. The predicted molar refractivity (Wildman–Crippen MR) is 129 cm³/mol. The van der Waals surface area contributed by atoms with Gasteiger partial charge in [-0.2, -0.15) is 8.78 Å². The number of alkyl halides is 2. The van der Waals surface area contributed by atoms with Gasteiger partial charge in [-0.1, -0.05) is 0 Å². The van der Waals surface area contributed by atoms with E-state index in [-0.39, 0.29) is 23.1 Å². The average Bonchev–Trinajstić information content (AvgIpc) is 3.32. The molecule has 0 aliphatic carbocycles. The molecule has 2 aliphatic heterocycles. The quantitative estimate of drug-likeness (QED) is 0.510. The average molecular weight is 498 g/mol. The van der Waals surface area contributed by atoms with Gasteiger partial charge in [-0.15, -0.1) is 0 Å². The molecule has 0 spiro atoms. The second kappa shape index (κ2) is 10.3. The monoisotopic (exact) mass is 497 g/mol. The standard InChI is InChI=1S/C24H25F2N7O3/c1-35-20-10-15-13-33(14-16(15)11-21(20)36-23(25)26)24-29-5-2-17(31-24)22(34)30-18-12-28-4-3-19(18)32-8-6-27-7-9-32/h2-5,10-12,23,27H,6-9,13-14H2,1H3,(H,30,34). The summed E-state index contributed by atoms with van der Waals surface area (Å²) < 4.78 is 35.4. The summed E-state index contributed by atoms with van der Waals surface area (Å²) in [4.78, 5) is 30.1. The maximum absolute atomic E-state index is 13.1. The minimum atomic E-state index is -2.96. The lowest BCUT2D eigenvalue weighted by atomic mass is 10.1. The van der Waals surface area contributed by atoms with E-state index < -0.39 is 6.61 Å². The summed E-state index contributed by atoms with van der Waals surface area (Å²) in [5, 5.41) is 6.24. The Morgan fingerprint density at radius 2 is 1.83 bits per heavy atom. The Bertz CT molecular complexity index is 1250. The molecule has 12 heteroatoms. The van der Waals surface area contributed by atoms with Gasteiger partial charge in [-0.25, -0.2) is 9.97 Å². The number of amides is 1. The molecular weight excluding hydrogens is 472 g/mol. The van der Waals surface area contributed by atoms with Crippen LogP contribution in [0.25, 0.3) is 0 Å². The van der Waals surface area contributed by atoms with Gasteiger partial charge in [0.05, 0.1) is 24.7 Å². The van der Waals surface area contributed by atoms with E-state index in [2.05, 4.69) is 35.2 Å². The van der Waals surface area contributed by atoms with Crippen LogP contribution >= 0.6 is 0 Å². The molecule has 0 radical (unpaired) electrons. The molecule has 3 aromatic rings. The smallest absolute Gasteiger partial charge is 0.387 e. The predicted octanol–water partition coefficient (Wildman–Crippen LogP) is 2.66. The second-order valence-corrected chi connectivity index (χ2v) is 8.33. The number of nitrogens with zero attached hydrogens (tertiary/aromatic N) is 5. The highest BCUT2D eigenvalue weighted by Crippen LogP contribution is 2.37. The second-order valence-electron chi connectivity index (χ2n) is 8.33. The van der Waals surface area contributed by atoms with Crippen LogP contribution < -0.4 is 29.9 Å². The van der Waals surface area contributed by atoms with Gasteiger partial charge in [0.1, 0.15) is 5.69 Å². The lowest BCUT2D eigenvalue weighted by Crippen LogP contribution is -2.43. The van der Waals surface area contributed by atoms with Crippen LogP contribution in [0.1, 0.15) is 21.6 Å². The Hall–Kier alpha value is -4.06. The third-order valence-corrected chi connectivity index (χ3v) is 6.09. The maximum atomic E-state index is 13.1. The number of hydrogen-bond acceptors (Lipinski definition) is 9. The number of nitrogens with one attached hydrogen (secondary N) is 2. The van der Waals surface area contributed by atoms with E-state index in [0.717, 1.165) is 43.0 Å². The van der Waals surface area contributed by atoms with Gasteiger partial charge in [0, 0.05) is 51.7 Å². The zero-order chi connectivity index (χ0) is 25.1. The molecule has 1 aromatic carbocycles. The molecule has 0 saturated carbocycles. The highest BCUT2D eigenvalue weighted by atomic mass is 19.3. The number of fused-ring (bicyclic) bond motifs is 1. The fourth-order valence-electron chi connectivity index (χ4n) is 4.37. The van der Waals surface area contributed by atoms with Gasteiger partial charge in [-0.05, 0) is 35.4 Å². The first-order chi connectivity index (χ1) is 17.5. The van der Waals surface area contributed by atoms with E-state index >= 15 is 0 Å². The largest absolute Gasteiger partial charge is 0.493 e. The van der Waals surface area contributed by atoms with E-state index in [9.17, 15) is 13.6 Å². The molecule has 1 saturated heterocycles. The molecule has 0 bridgehead atoms. The maximum Gasteiger partial charge on any atom is 0.387 e. The van der Waals surface area contributed by atoms with Gasteiger partial charge in [0.25, 0.3) is 5.91 Å². The number of pyridine rings is 1. The van der Waals surface area contributed by atoms with E-state index in [1.165, 1.54) is 19.4 Å². The first-order valence-corrected chi connectivity index (χ1v) is 11.5. The molecule has 0 atom stereocenters. The molecule has 188 valence electrons. The number of carbonyl (C=O) groups excluding carboxylic acids is 1. The number of benzene rings is 1. The number of halogens is 2.